The van der Waals surface area contributed by atoms with E-state index in [4.69, 9.17) is 5.11 Å². The van der Waals surface area contributed by atoms with Crippen LogP contribution in [0.5, 0.6) is 0 Å². The van der Waals surface area contributed by atoms with Gasteiger partial charge in [-0.25, -0.2) is 13.4 Å². The number of nitrogens with one attached hydrogen (secondary N) is 1. The molecule has 0 aliphatic carbocycles. The van der Waals surface area contributed by atoms with Crippen LogP contribution in [-0.2, 0) is 19.6 Å². The number of hydrazone groups is 1. The molecular weight excluding hydrogens is 418 g/mol. The van der Waals surface area contributed by atoms with Crippen molar-refractivity contribution in [2.24, 2.45) is 5.10 Å². The first kappa shape index (κ1) is 22.5. The van der Waals surface area contributed by atoms with Crippen molar-refractivity contribution in [2.75, 3.05) is 11.0 Å². The molecule has 0 spiro atoms. The number of amides is 1. The number of aliphatic carboxylic acids is 1. The minimum absolute atomic E-state index is 0.0695. The minimum Gasteiger partial charge on any atom is -0.481 e. The summed E-state index contributed by atoms with van der Waals surface area (Å²) in [6.07, 6.45) is 1.88. The van der Waals surface area contributed by atoms with Gasteiger partial charge in [0.25, 0.3) is 0 Å². The summed E-state index contributed by atoms with van der Waals surface area (Å²) in [6, 6.07) is 14.3. The molecule has 0 aromatic heterocycles. The topological polar surface area (TPSA) is 116 Å². The number of carbonyl (C=O) groups is 2. The Hall–Kier alpha value is -3.20. The molecule has 0 fully saturated rings. The van der Waals surface area contributed by atoms with Crippen LogP contribution in [0, 0.1) is 6.92 Å². The van der Waals surface area contributed by atoms with Crippen LogP contribution in [0.15, 0.2) is 53.6 Å². The van der Waals surface area contributed by atoms with Gasteiger partial charge in [-0.2, -0.15) is 5.10 Å². The zero-order valence-corrected chi connectivity index (χ0v) is 18.2. The molecule has 1 aliphatic heterocycles. The molecule has 1 atom stereocenters. The number of carboxylic acid groups (broad SMARTS) is 1. The SMILES string of the molecule is Cc1ccccc1C1CC(c2ccc(NS(C)(=O)=O)cc2)=NN1C(=O)CCCC(=O)O. The highest BCUT2D eigenvalue weighted by atomic mass is 32.2. The van der Waals surface area contributed by atoms with Crippen molar-refractivity contribution >= 4 is 33.3 Å². The van der Waals surface area contributed by atoms with Gasteiger partial charge in [-0.3, -0.25) is 14.3 Å². The molecule has 0 radical (unpaired) electrons. The molecule has 1 heterocycles. The van der Waals surface area contributed by atoms with E-state index in [2.05, 4.69) is 9.82 Å². The van der Waals surface area contributed by atoms with Gasteiger partial charge in [0, 0.05) is 24.9 Å². The highest BCUT2D eigenvalue weighted by Gasteiger charge is 2.33. The standard InChI is InChI=1S/C22H25N3O5S/c1-15-6-3-4-7-18(15)20-14-19(23-25(20)21(26)8-5-9-22(27)28)16-10-12-17(13-11-16)24-31(2,29)30/h3-4,6-7,10-13,20,24H,5,8-9,14H2,1-2H3,(H,27,28). The van der Waals surface area contributed by atoms with E-state index in [1.165, 1.54) is 5.01 Å². The van der Waals surface area contributed by atoms with Crippen molar-refractivity contribution in [1.29, 1.82) is 0 Å². The lowest BCUT2D eigenvalue weighted by Gasteiger charge is -2.23. The lowest BCUT2D eigenvalue weighted by molar-refractivity contribution is -0.137. The molecule has 1 aliphatic rings. The van der Waals surface area contributed by atoms with Crippen LogP contribution in [0.4, 0.5) is 5.69 Å². The summed E-state index contributed by atoms with van der Waals surface area (Å²) in [5.41, 5.74) is 3.98. The number of benzene rings is 2. The van der Waals surface area contributed by atoms with Crippen LogP contribution >= 0.6 is 0 Å². The van der Waals surface area contributed by atoms with Crippen molar-refractivity contribution in [2.45, 2.75) is 38.6 Å². The average Bonchev–Trinajstić information content (AvgIpc) is 3.12. The number of hydrogen-bond donors (Lipinski definition) is 2. The Morgan fingerprint density at radius 1 is 1.13 bits per heavy atom. The van der Waals surface area contributed by atoms with E-state index in [0.717, 1.165) is 22.9 Å². The van der Waals surface area contributed by atoms with Crippen LogP contribution in [0.3, 0.4) is 0 Å². The molecule has 1 unspecified atom stereocenters. The molecule has 9 heteroatoms. The smallest absolute Gasteiger partial charge is 0.303 e. The highest BCUT2D eigenvalue weighted by molar-refractivity contribution is 7.92. The van der Waals surface area contributed by atoms with Gasteiger partial charge in [0.2, 0.25) is 15.9 Å². The summed E-state index contributed by atoms with van der Waals surface area (Å²) >= 11 is 0. The Balaban J connectivity index is 1.86. The fraction of sp³-hybridized carbons (Fsp3) is 0.318. The van der Waals surface area contributed by atoms with Gasteiger partial charge in [-0.1, -0.05) is 36.4 Å². The van der Waals surface area contributed by atoms with Crippen LogP contribution in [0.1, 0.15) is 48.4 Å². The average molecular weight is 444 g/mol. The minimum atomic E-state index is -3.37. The Labute approximate surface area is 181 Å². The molecular formula is C22H25N3O5S. The number of rotatable bonds is 8. The van der Waals surface area contributed by atoms with Gasteiger partial charge >= 0.3 is 5.97 Å². The summed E-state index contributed by atoms with van der Waals surface area (Å²) in [5, 5.41) is 14.9. The maximum absolute atomic E-state index is 12.9. The molecule has 0 saturated carbocycles. The number of anilines is 1. The molecule has 3 rings (SSSR count). The number of carboxylic acids is 1. The van der Waals surface area contributed by atoms with E-state index in [9.17, 15) is 18.0 Å². The van der Waals surface area contributed by atoms with Crippen LogP contribution in [0.2, 0.25) is 0 Å². The van der Waals surface area contributed by atoms with E-state index in [1.807, 2.05) is 31.2 Å². The lowest BCUT2D eigenvalue weighted by Crippen LogP contribution is -2.27. The quantitative estimate of drug-likeness (QED) is 0.649. The Morgan fingerprint density at radius 2 is 1.81 bits per heavy atom. The van der Waals surface area contributed by atoms with Crippen LogP contribution in [-0.4, -0.2) is 42.4 Å². The zero-order valence-electron chi connectivity index (χ0n) is 17.4. The van der Waals surface area contributed by atoms with E-state index >= 15 is 0 Å². The molecule has 164 valence electrons. The highest BCUT2D eigenvalue weighted by Crippen LogP contribution is 2.35. The van der Waals surface area contributed by atoms with E-state index in [-0.39, 0.29) is 31.2 Å². The largest absolute Gasteiger partial charge is 0.481 e. The first-order valence-corrected chi connectivity index (χ1v) is 11.8. The van der Waals surface area contributed by atoms with Gasteiger partial charge in [-0.15, -0.1) is 0 Å². The fourth-order valence-corrected chi connectivity index (χ4v) is 4.13. The maximum Gasteiger partial charge on any atom is 0.303 e. The second-order valence-corrected chi connectivity index (χ2v) is 9.31. The normalized spacial score (nSPS) is 16.1. The van der Waals surface area contributed by atoms with Gasteiger partial charge < -0.3 is 5.11 Å². The third kappa shape index (κ3) is 5.91. The van der Waals surface area contributed by atoms with Crippen molar-refractivity contribution in [3.05, 3.63) is 65.2 Å². The summed E-state index contributed by atoms with van der Waals surface area (Å²) in [4.78, 5) is 23.6. The predicted octanol–water partition coefficient (Wildman–Crippen LogP) is 3.30. The van der Waals surface area contributed by atoms with Crippen molar-refractivity contribution in [3.8, 4) is 0 Å². The third-order valence-corrected chi connectivity index (χ3v) is 5.62. The molecule has 2 aromatic carbocycles. The van der Waals surface area contributed by atoms with E-state index < -0.39 is 16.0 Å². The molecule has 8 nitrogen and oxygen atoms in total. The van der Waals surface area contributed by atoms with E-state index in [0.29, 0.717) is 17.8 Å². The van der Waals surface area contributed by atoms with Crippen molar-refractivity contribution < 1.29 is 23.1 Å². The molecule has 2 aromatic rings. The molecule has 0 saturated heterocycles. The predicted molar refractivity (Wildman–Crippen MR) is 118 cm³/mol. The molecule has 31 heavy (non-hydrogen) atoms. The van der Waals surface area contributed by atoms with E-state index in [1.54, 1.807) is 24.3 Å². The van der Waals surface area contributed by atoms with Crippen LogP contribution < -0.4 is 4.72 Å². The summed E-state index contributed by atoms with van der Waals surface area (Å²) in [6.45, 7) is 1.98. The maximum atomic E-state index is 12.9. The zero-order chi connectivity index (χ0) is 22.6. The van der Waals surface area contributed by atoms with Gasteiger partial charge in [0.1, 0.15) is 0 Å². The fourth-order valence-electron chi connectivity index (χ4n) is 3.57. The number of nitrogens with zero attached hydrogens (tertiary/aromatic N) is 2. The second-order valence-electron chi connectivity index (χ2n) is 7.56. The summed E-state index contributed by atoms with van der Waals surface area (Å²) in [5.74, 6) is -1.16. The summed E-state index contributed by atoms with van der Waals surface area (Å²) < 4.78 is 25.2. The Bertz CT molecular complexity index is 1110. The van der Waals surface area contributed by atoms with Crippen molar-refractivity contribution in [3.63, 3.8) is 0 Å². The van der Waals surface area contributed by atoms with Gasteiger partial charge in [-0.05, 0) is 42.2 Å². The third-order valence-electron chi connectivity index (χ3n) is 5.02. The Morgan fingerprint density at radius 3 is 2.42 bits per heavy atom. The summed E-state index contributed by atoms with van der Waals surface area (Å²) in [7, 11) is -3.37. The monoisotopic (exact) mass is 443 g/mol. The van der Waals surface area contributed by atoms with Gasteiger partial charge in [0.05, 0.1) is 18.0 Å². The molecule has 0 bridgehead atoms. The molecule has 2 N–H and O–H groups in total. The van der Waals surface area contributed by atoms with Crippen molar-refractivity contribution in [1.82, 2.24) is 5.01 Å². The molecule has 1 amide bonds. The first-order chi connectivity index (χ1) is 14.6. The number of carbonyl (C=O) groups excluding carboxylic acids is 1. The van der Waals surface area contributed by atoms with Gasteiger partial charge in [0.15, 0.2) is 0 Å². The number of sulfonamides is 1. The second kappa shape index (κ2) is 9.30. The number of aryl methyl sites for hydroxylation is 1. The van der Waals surface area contributed by atoms with Crippen LogP contribution in [0.25, 0.3) is 0 Å². The number of hydrogen-bond acceptors (Lipinski definition) is 5. The Kier molecular flexibility index (Phi) is 6.74. The first-order valence-electron chi connectivity index (χ1n) is 9.89. The lowest BCUT2D eigenvalue weighted by atomic mass is 9.95.